The summed E-state index contributed by atoms with van der Waals surface area (Å²) in [5, 5.41) is 0.845. The van der Waals surface area contributed by atoms with Gasteiger partial charge in [0.05, 0.1) is 0 Å². The van der Waals surface area contributed by atoms with Gasteiger partial charge in [0, 0.05) is 23.8 Å². The predicted octanol–water partition coefficient (Wildman–Crippen LogP) is 4.75. The van der Waals surface area contributed by atoms with Crippen LogP contribution in [-0.4, -0.2) is 11.5 Å². The molecule has 0 radical (unpaired) electrons. The molecular formula is C16H19BrN2. The average Bonchev–Trinajstić information content (AvgIpc) is 2.43. The van der Waals surface area contributed by atoms with Crippen molar-refractivity contribution in [1.82, 2.24) is 4.98 Å². The second kappa shape index (κ2) is 6.20. The quantitative estimate of drug-likeness (QED) is 0.756. The van der Waals surface area contributed by atoms with Gasteiger partial charge in [0.15, 0.2) is 0 Å². The molecule has 2 rings (SSSR count). The number of para-hydroxylation sites is 1. The Kier molecular flexibility index (Phi) is 4.59. The van der Waals surface area contributed by atoms with Gasteiger partial charge in [0.1, 0.15) is 5.82 Å². The number of alkyl halides is 1. The fourth-order valence-electron chi connectivity index (χ4n) is 2.28. The van der Waals surface area contributed by atoms with E-state index in [2.05, 4.69) is 76.9 Å². The number of nitrogens with zero attached hydrogens (tertiary/aromatic N) is 2. The summed E-state index contributed by atoms with van der Waals surface area (Å²) in [4.78, 5) is 6.90. The fourth-order valence-corrected chi connectivity index (χ4v) is 2.59. The molecular weight excluding hydrogens is 300 g/mol. The Labute approximate surface area is 123 Å². The highest BCUT2D eigenvalue weighted by Crippen LogP contribution is 2.29. The lowest BCUT2D eigenvalue weighted by Gasteiger charge is -2.25. The molecule has 0 saturated carbocycles. The summed E-state index contributed by atoms with van der Waals surface area (Å²) in [5.74, 6) is 1.04. The maximum atomic E-state index is 4.63. The van der Waals surface area contributed by atoms with Crippen molar-refractivity contribution in [1.29, 1.82) is 0 Å². The molecule has 3 heteroatoms. The smallest absolute Gasteiger partial charge is 0.135 e. The van der Waals surface area contributed by atoms with Crippen LogP contribution in [0.1, 0.15) is 23.6 Å². The average molecular weight is 319 g/mol. The molecule has 0 bridgehead atoms. The van der Waals surface area contributed by atoms with E-state index in [1.807, 2.05) is 6.20 Å². The zero-order chi connectivity index (χ0) is 13.8. The summed E-state index contributed by atoms with van der Waals surface area (Å²) in [6.07, 6.45) is 1.94. The van der Waals surface area contributed by atoms with Crippen molar-refractivity contribution in [2.75, 3.05) is 11.4 Å². The molecule has 0 aliphatic carbocycles. The van der Waals surface area contributed by atoms with E-state index in [-0.39, 0.29) is 0 Å². The van der Waals surface area contributed by atoms with Gasteiger partial charge in [-0.1, -0.05) is 40.2 Å². The van der Waals surface area contributed by atoms with Gasteiger partial charge in [-0.05, 0) is 43.5 Å². The summed E-state index contributed by atoms with van der Waals surface area (Å²) >= 11 is 3.47. The van der Waals surface area contributed by atoms with Crippen LogP contribution in [0.25, 0.3) is 0 Å². The highest BCUT2D eigenvalue weighted by Gasteiger charge is 2.13. The van der Waals surface area contributed by atoms with Gasteiger partial charge in [-0.2, -0.15) is 0 Å². The maximum Gasteiger partial charge on any atom is 0.135 e. The van der Waals surface area contributed by atoms with Crippen LogP contribution in [0.4, 0.5) is 11.5 Å². The van der Waals surface area contributed by atoms with E-state index in [4.69, 9.17) is 0 Å². The summed E-state index contributed by atoms with van der Waals surface area (Å²) in [6, 6.07) is 10.6. The Morgan fingerprint density at radius 2 is 1.89 bits per heavy atom. The summed E-state index contributed by atoms with van der Waals surface area (Å²) in [6.45, 7) is 7.33. The zero-order valence-corrected chi connectivity index (χ0v) is 13.2. The van der Waals surface area contributed by atoms with E-state index in [9.17, 15) is 0 Å². The van der Waals surface area contributed by atoms with E-state index < -0.39 is 0 Å². The first-order valence-electron chi connectivity index (χ1n) is 6.52. The normalized spacial score (nSPS) is 10.5. The lowest BCUT2D eigenvalue weighted by molar-refractivity contribution is 0.969. The first kappa shape index (κ1) is 14.1. The second-order valence-electron chi connectivity index (χ2n) is 4.65. The number of benzene rings is 1. The standard InChI is InChI=1S/C16H19BrN2/c1-4-19(15-8-6-5-7-12(15)2)16-13(3)9-14(10-17)11-18-16/h5-9,11H,4,10H2,1-3H3. The van der Waals surface area contributed by atoms with Gasteiger partial charge < -0.3 is 4.90 Å². The molecule has 0 atom stereocenters. The second-order valence-corrected chi connectivity index (χ2v) is 5.21. The summed E-state index contributed by atoms with van der Waals surface area (Å²) in [5.41, 5.74) is 4.92. The van der Waals surface area contributed by atoms with Crippen LogP contribution in [0.15, 0.2) is 36.5 Å². The number of hydrogen-bond donors (Lipinski definition) is 0. The lowest BCUT2D eigenvalue weighted by atomic mass is 10.1. The van der Waals surface area contributed by atoms with Gasteiger partial charge in [-0.25, -0.2) is 4.98 Å². The highest BCUT2D eigenvalue weighted by atomic mass is 79.9. The van der Waals surface area contributed by atoms with Crippen LogP contribution >= 0.6 is 15.9 Å². The largest absolute Gasteiger partial charge is 0.326 e. The molecule has 0 amide bonds. The minimum Gasteiger partial charge on any atom is -0.326 e. The molecule has 1 heterocycles. The number of anilines is 2. The van der Waals surface area contributed by atoms with Crippen molar-refractivity contribution >= 4 is 27.4 Å². The van der Waals surface area contributed by atoms with Crippen LogP contribution in [0, 0.1) is 13.8 Å². The molecule has 0 N–H and O–H groups in total. The monoisotopic (exact) mass is 318 g/mol. The molecule has 0 saturated heterocycles. The molecule has 2 nitrogen and oxygen atoms in total. The number of hydrogen-bond acceptors (Lipinski definition) is 2. The molecule has 1 aromatic carbocycles. The van der Waals surface area contributed by atoms with E-state index in [1.165, 1.54) is 22.4 Å². The molecule has 0 aliphatic rings. The molecule has 0 unspecified atom stereocenters. The van der Waals surface area contributed by atoms with Crippen LogP contribution in [0.2, 0.25) is 0 Å². The van der Waals surface area contributed by atoms with Crippen LogP contribution < -0.4 is 4.90 Å². The minimum absolute atomic E-state index is 0.845. The first-order chi connectivity index (χ1) is 9.17. The third-order valence-corrected chi connectivity index (χ3v) is 3.89. The van der Waals surface area contributed by atoms with Crippen molar-refractivity contribution in [2.24, 2.45) is 0 Å². The molecule has 0 aliphatic heterocycles. The minimum atomic E-state index is 0.845. The third-order valence-electron chi connectivity index (χ3n) is 3.24. The lowest BCUT2D eigenvalue weighted by Crippen LogP contribution is -2.19. The highest BCUT2D eigenvalue weighted by molar-refractivity contribution is 9.08. The fraction of sp³-hybridized carbons (Fsp3) is 0.312. The number of pyridine rings is 1. The predicted molar refractivity (Wildman–Crippen MR) is 85.5 cm³/mol. The molecule has 1 aromatic heterocycles. The van der Waals surface area contributed by atoms with Gasteiger partial charge in [-0.3, -0.25) is 0 Å². The van der Waals surface area contributed by atoms with Crippen LogP contribution in [0.5, 0.6) is 0 Å². The van der Waals surface area contributed by atoms with E-state index >= 15 is 0 Å². The summed E-state index contributed by atoms with van der Waals surface area (Å²) < 4.78 is 0. The van der Waals surface area contributed by atoms with E-state index in [0.717, 1.165) is 17.7 Å². The van der Waals surface area contributed by atoms with Gasteiger partial charge in [0.25, 0.3) is 0 Å². The van der Waals surface area contributed by atoms with Crippen LogP contribution in [-0.2, 0) is 5.33 Å². The van der Waals surface area contributed by atoms with Gasteiger partial charge in [0.2, 0.25) is 0 Å². The van der Waals surface area contributed by atoms with E-state index in [0.29, 0.717) is 0 Å². The molecule has 19 heavy (non-hydrogen) atoms. The number of rotatable bonds is 4. The Morgan fingerprint density at radius 3 is 2.47 bits per heavy atom. The third kappa shape index (κ3) is 2.98. The van der Waals surface area contributed by atoms with Crippen molar-refractivity contribution in [3.63, 3.8) is 0 Å². The van der Waals surface area contributed by atoms with Crippen molar-refractivity contribution < 1.29 is 0 Å². The number of aromatic nitrogens is 1. The zero-order valence-electron chi connectivity index (χ0n) is 11.7. The topological polar surface area (TPSA) is 16.1 Å². The van der Waals surface area contributed by atoms with Gasteiger partial charge >= 0.3 is 0 Å². The first-order valence-corrected chi connectivity index (χ1v) is 7.64. The molecule has 0 spiro atoms. The van der Waals surface area contributed by atoms with Crippen molar-refractivity contribution in [3.05, 3.63) is 53.2 Å². The van der Waals surface area contributed by atoms with E-state index in [1.54, 1.807) is 0 Å². The number of aryl methyl sites for hydroxylation is 2. The Morgan fingerprint density at radius 1 is 1.16 bits per heavy atom. The Bertz CT molecular complexity index is 566. The molecule has 0 fully saturated rings. The number of halogens is 1. The van der Waals surface area contributed by atoms with Crippen molar-refractivity contribution in [2.45, 2.75) is 26.1 Å². The summed E-state index contributed by atoms with van der Waals surface area (Å²) in [7, 11) is 0. The van der Waals surface area contributed by atoms with Crippen molar-refractivity contribution in [3.8, 4) is 0 Å². The SMILES string of the molecule is CCN(c1ccccc1C)c1ncc(CBr)cc1C. The van der Waals surface area contributed by atoms with Gasteiger partial charge in [-0.15, -0.1) is 0 Å². The Hall–Kier alpha value is -1.35. The molecule has 2 aromatic rings. The maximum absolute atomic E-state index is 4.63. The Balaban J connectivity index is 2.46. The van der Waals surface area contributed by atoms with Crippen LogP contribution in [0.3, 0.4) is 0 Å². The molecule has 100 valence electrons.